The van der Waals surface area contributed by atoms with E-state index in [1.807, 2.05) is 38.4 Å². The molecule has 0 radical (unpaired) electrons. The van der Waals surface area contributed by atoms with Crippen molar-refractivity contribution in [3.63, 3.8) is 0 Å². The summed E-state index contributed by atoms with van der Waals surface area (Å²) in [5, 5.41) is 7.56. The molecule has 1 fully saturated rings. The molecule has 1 aromatic heterocycles. The minimum Gasteiger partial charge on any atom is -0.354 e. The third-order valence-corrected chi connectivity index (χ3v) is 5.43. The number of hydrogen-bond acceptors (Lipinski definition) is 4. The predicted molar refractivity (Wildman–Crippen MR) is 117 cm³/mol. The Labute approximate surface area is 176 Å². The number of nitrogens with one attached hydrogen (secondary N) is 2. The van der Waals surface area contributed by atoms with Crippen LogP contribution in [0.15, 0.2) is 47.6 Å². The van der Waals surface area contributed by atoms with Crippen molar-refractivity contribution in [1.82, 2.24) is 20.5 Å². The third kappa shape index (κ3) is 5.58. The van der Waals surface area contributed by atoms with E-state index in [0.717, 1.165) is 36.9 Å². The summed E-state index contributed by atoms with van der Waals surface area (Å²) >= 11 is 6.28. The molecule has 0 aliphatic carbocycles. The monoisotopic (exact) mass is 418 g/mol. The molecule has 2 aromatic rings. The molecule has 2 N–H and O–H groups in total. The first kappa shape index (κ1) is 21.3. The van der Waals surface area contributed by atoms with Gasteiger partial charge in [0, 0.05) is 38.9 Å². The average Bonchev–Trinajstić information content (AvgIpc) is 3.17. The molecule has 2 heterocycles. The van der Waals surface area contributed by atoms with Crippen LogP contribution in [0, 0.1) is 5.82 Å². The van der Waals surface area contributed by atoms with Gasteiger partial charge < -0.3 is 20.4 Å². The van der Waals surface area contributed by atoms with Crippen molar-refractivity contribution in [2.24, 2.45) is 4.99 Å². The summed E-state index contributed by atoms with van der Waals surface area (Å²) < 4.78 is 13.3. The number of anilines is 1. The lowest BCUT2D eigenvalue weighted by Crippen LogP contribution is -2.46. The number of aliphatic imine (C=N–C) groups is 1. The van der Waals surface area contributed by atoms with Crippen LogP contribution in [0.4, 0.5) is 10.2 Å². The van der Waals surface area contributed by atoms with Gasteiger partial charge in [0.2, 0.25) is 0 Å². The summed E-state index contributed by atoms with van der Waals surface area (Å²) in [4.78, 5) is 13.1. The SMILES string of the molecule is CN=C(NCC(c1ccc(F)cc1)N(C)C)NC1CCN(c2ncccc2Cl)C1. The maximum atomic E-state index is 13.3. The molecule has 0 saturated carbocycles. The molecule has 29 heavy (non-hydrogen) atoms. The Morgan fingerprint density at radius 1 is 1.34 bits per heavy atom. The van der Waals surface area contributed by atoms with Crippen LogP contribution in [0.5, 0.6) is 0 Å². The van der Waals surface area contributed by atoms with Crippen LogP contribution in [-0.2, 0) is 0 Å². The number of rotatable bonds is 6. The second-order valence-electron chi connectivity index (χ2n) is 7.37. The number of guanidine groups is 1. The first-order valence-corrected chi connectivity index (χ1v) is 10.1. The van der Waals surface area contributed by atoms with Crippen LogP contribution in [0.1, 0.15) is 18.0 Å². The minimum absolute atomic E-state index is 0.0987. The topological polar surface area (TPSA) is 55.8 Å². The Morgan fingerprint density at radius 2 is 2.10 bits per heavy atom. The van der Waals surface area contributed by atoms with Gasteiger partial charge >= 0.3 is 0 Å². The highest BCUT2D eigenvalue weighted by molar-refractivity contribution is 6.32. The summed E-state index contributed by atoms with van der Waals surface area (Å²) in [5.41, 5.74) is 1.05. The average molecular weight is 419 g/mol. The third-order valence-electron chi connectivity index (χ3n) is 5.13. The highest BCUT2D eigenvalue weighted by Crippen LogP contribution is 2.25. The molecule has 3 rings (SSSR count). The molecule has 0 spiro atoms. The number of halogens is 2. The molecule has 2 unspecified atom stereocenters. The molecule has 1 saturated heterocycles. The van der Waals surface area contributed by atoms with Gasteiger partial charge in [-0.15, -0.1) is 0 Å². The van der Waals surface area contributed by atoms with Crippen molar-refractivity contribution < 1.29 is 4.39 Å². The smallest absolute Gasteiger partial charge is 0.191 e. The number of hydrogen-bond donors (Lipinski definition) is 2. The van der Waals surface area contributed by atoms with Crippen LogP contribution < -0.4 is 15.5 Å². The Hall–Kier alpha value is -2.38. The molecule has 156 valence electrons. The molecular weight excluding hydrogens is 391 g/mol. The molecule has 0 bridgehead atoms. The lowest BCUT2D eigenvalue weighted by atomic mass is 10.1. The number of likely N-dealkylation sites (N-methyl/N-ethyl adjacent to an activating group) is 1. The number of aromatic nitrogens is 1. The zero-order valence-corrected chi connectivity index (χ0v) is 17.8. The fourth-order valence-corrected chi connectivity index (χ4v) is 3.79. The predicted octanol–water partition coefficient (Wildman–Crippen LogP) is 2.92. The van der Waals surface area contributed by atoms with E-state index in [0.29, 0.717) is 11.6 Å². The zero-order valence-electron chi connectivity index (χ0n) is 17.1. The minimum atomic E-state index is -0.226. The Kier molecular flexibility index (Phi) is 7.28. The molecular formula is C21H28ClFN6. The maximum Gasteiger partial charge on any atom is 0.191 e. The van der Waals surface area contributed by atoms with E-state index >= 15 is 0 Å². The van der Waals surface area contributed by atoms with Gasteiger partial charge in [-0.2, -0.15) is 0 Å². The molecule has 1 aliphatic rings. The van der Waals surface area contributed by atoms with Crippen molar-refractivity contribution in [1.29, 1.82) is 0 Å². The number of pyridine rings is 1. The van der Waals surface area contributed by atoms with E-state index in [9.17, 15) is 4.39 Å². The Balaban J connectivity index is 1.56. The van der Waals surface area contributed by atoms with Gasteiger partial charge in [0.05, 0.1) is 11.1 Å². The fourth-order valence-electron chi connectivity index (χ4n) is 3.55. The largest absolute Gasteiger partial charge is 0.354 e. The van der Waals surface area contributed by atoms with Gasteiger partial charge in [0.15, 0.2) is 5.96 Å². The highest BCUT2D eigenvalue weighted by Gasteiger charge is 2.25. The van der Waals surface area contributed by atoms with Crippen molar-refractivity contribution >= 4 is 23.4 Å². The second kappa shape index (κ2) is 9.89. The fraction of sp³-hybridized carbons (Fsp3) is 0.429. The van der Waals surface area contributed by atoms with Crippen LogP contribution >= 0.6 is 11.6 Å². The van der Waals surface area contributed by atoms with Crippen LogP contribution in [0.25, 0.3) is 0 Å². The summed E-state index contributed by atoms with van der Waals surface area (Å²) in [7, 11) is 5.79. The molecule has 1 aliphatic heterocycles. The molecule has 8 heteroatoms. The van der Waals surface area contributed by atoms with Gasteiger partial charge in [0.25, 0.3) is 0 Å². The van der Waals surface area contributed by atoms with E-state index in [1.165, 1.54) is 12.1 Å². The summed E-state index contributed by atoms with van der Waals surface area (Å²) in [5.74, 6) is 1.35. The number of benzene rings is 1. The van der Waals surface area contributed by atoms with Crippen molar-refractivity contribution in [2.75, 3.05) is 45.7 Å². The molecule has 6 nitrogen and oxygen atoms in total. The normalized spacial score (nSPS) is 18.2. The molecule has 0 amide bonds. The first-order chi connectivity index (χ1) is 14.0. The summed E-state index contributed by atoms with van der Waals surface area (Å²) in [6, 6.07) is 10.7. The first-order valence-electron chi connectivity index (χ1n) is 9.72. The van der Waals surface area contributed by atoms with E-state index in [4.69, 9.17) is 11.6 Å². The van der Waals surface area contributed by atoms with Gasteiger partial charge in [-0.3, -0.25) is 4.99 Å². The standard InChI is InChI=1S/C21H28ClFN6/c1-24-21(26-13-19(28(2)3)15-6-8-16(23)9-7-15)27-17-10-12-29(14-17)20-18(22)5-4-11-25-20/h4-9,11,17,19H,10,12-14H2,1-3H3,(H2,24,26,27). The number of nitrogens with zero attached hydrogens (tertiary/aromatic N) is 4. The van der Waals surface area contributed by atoms with Crippen molar-refractivity contribution in [3.8, 4) is 0 Å². The zero-order chi connectivity index (χ0) is 20.8. The Morgan fingerprint density at radius 3 is 2.76 bits per heavy atom. The van der Waals surface area contributed by atoms with Crippen molar-refractivity contribution in [3.05, 3.63) is 59.0 Å². The summed E-state index contributed by atoms with van der Waals surface area (Å²) in [6.45, 7) is 2.36. The van der Waals surface area contributed by atoms with Crippen LogP contribution in [0.2, 0.25) is 5.02 Å². The lowest BCUT2D eigenvalue weighted by molar-refractivity contribution is 0.297. The highest BCUT2D eigenvalue weighted by atomic mass is 35.5. The maximum absolute atomic E-state index is 13.3. The summed E-state index contributed by atoms with van der Waals surface area (Å²) in [6.07, 6.45) is 2.74. The Bertz CT molecular complexity index is 826. The van der Waals surface area contributed by atoms with Crippen LogP contribution in [-0.4, -0.2) is 62.7 Å². The van der Waals surface area contributed by atoms with Gasteiger partial charge in [-0.05, 0) is 50.3 Å². The van der Waals surface area contributed by atoms with E-state index in [1.54, 1.807) is 13.2 Å². The van der Waals surface area contributed by atoms with Crippen molar-refractivity contribution in [2.45, 2.75) is 18.5 Å². The van der Waals surface area contributed by atoms with E-state index < -0.39 is 0 Å². The quantitative estimate of drug-likeness (QED) is 0.558. The van der Waals surface area contributed by atoms with E-state index in [-0.39, 0.29) is 17.9 Å². The van der Waals surface area contributed by atoms with Gasteiger partial charge in [-0.25, -0.2) is 9.37 Å². The van der Waals surface area contributed by atoms with Gasteiger partial charge in [0.1, 0.15) is 11.6 Å². The molecule has 1 aromatic carbocycles. The lowest BCUT2D eigenvalue weighted by Gasteiger charge is -2.27. The molecule has 2 atom stereocenters. The van der Waals surface area contributed by atoms with Crippen LogP contribution in [0.3, 0.4) is 0 Å². The van der Waals surface area contributed by atoms with Gasteiger partial charge in [-0.1, -0.05) is 23.7 Å². The van der Waals surface area contributed by atoms with E-state index in [2.05, 4.69) is 30.4 Å². The second-order valence-corrected chi connectivity index (χ2v) is 7.78.